The van der Waals surface area contributed by atoms with E-state index in [1.54, 1.807) is 6.07 Å². The van der Waals surface area contributed by atoms with Crippen LogP contribution >= 0.6 is 0 Å². The highest BCUT2D eigenvalue weighted by molar-refractivity contribution is 5.87. The van der Waals surface area contributed by atoms with Crippen molar-refractivity contribution in [3.05, 3.63) is 35.4 Å². The van der Waals surface area contributed by atoms with E-state index in [9.17, 15) is 9.90 Å². The van der Waals surface area contributed by atoms with Gasteiger partial charge in [0.15, 0.2) is 0 Å². The first-order chi connectivity index (χ1) is 10.5. The van der Waals surface area contributed by atoms with Gasteiger partial charge in [0.25, 0.3) is 0 Å². The van der Waals surface area contributed by atoms with Crippen molar-refractivity contribution in [2.45, 2.75) is 57.4 Å². The molecule has 1 saturated heterocycles. The zero-order valence-corrected chi connectivity index (χ0v) is 13.7. The van der Waals surface area contributed by atoms with Crippen LogP contribution in [0.5, 0.6) is 0 Å². The van der Waals surface area contributed by atoms with E-state index in [0.717, 1.165) is 25.6 Å². The number of hydrogen-bond donors (Lipinski definition) is 1. The summed E-state index contributed by atoms with van der Waals surface area (Å²) in [5.41, 5.74) is 1.68. The third-order valence-corrected chi connectivity index (χ3v) is 6.12. The number of aromatic carboxylic acids is 1. The molecule has 2 fully saturated rings. The van der Waals surface area contributed by atoms with Gasteiger partial charge < -0.3 is 10.0 Å². The topological polar surface area (TPSA) is 40.5 Å². The summed E-state index contributed by atoms with van der Waals surface area (Å²) in [6, 6.07) is 8.35. The van der Waals surface area contributed by atoms with Crippen LogP contribution in [0.2, 0.25) is 0 Å². The van der Waals surface area contributed by atoms with E-state index in [-0.39, 0.29) is 5.41 Å². The Morgan fingerprint density at radius 3 is 2.68 bits per heavy atom. The van der Waals surface area contributed by atoms with Crippen LogP contribution in [-0.2, 0) is 5.41 Å². The summed E-state index contributed by atoms with van der Waals surface area (Å²) in [6.45, 7) is 6.92. The average Bonchev–Trinajstić information content (AvgIpc) is 3.04. The normalized spacial score (nSPS) is 30.5. The van der Waals surface area contributed by atoms with Gasteiger partial charge in [-0.1, -0.05) is 38.8 Å². The lowest BCUT2D eigenvalue weighted by Crippen LogP contribution is -2.50. The molecular weight excluding hydrogens is 274 g/mol. The molecule has 120 valence electrons. The van der Waals surface area contributed by atoms with Gasteiger partial charge in [0.2, 0.25) is 0 Å². The van der Waals surface area contributed by atoms with Crippen LogP contribution < -0.4 is 0 Å². The first kappa shape index (κ1) is 15.5. The second-order valence-electron chi connectivity index (χ2n) is 7.39. The fourth-order valence-corrected chi connectivity index (χ4v) is 4.30. The lowest BCUT2D eigenvalue weighted by atomic mass is 9.67. The summed E-state index contributed by atoms with van der Waals surface area (Å²) in [5.74, 6) is -0.285. The standard InChI is InChI=1S/C19H27NO2/c1-14-13-20(17-8-3-4-9-17)11-10-19(14,2)16-7-5-6-15(12-16)18(21)22/h5-7,12,14,17H,3-4,8-11,13H2,1-2H3,(H,21,22)/t14-,19+/m0/s1. The number of carbonyl (C=O) groups is 1. The Morgan fingerprint density at radius 2 is 2.05 bits per heavy atom. The summed E-state index contributed by atoms with van der Waals surface area (Å²) in [6.07, 6.45) is 6.60. The van der Waals surface area contributed by atoms with Crippen LogP contribution in [0.15, 0.2) is 24.3 Å². The number of rotatable bonds is 3. The Balaban J connectivity index is 1.78. The van der Waals surface area contributed by atoms with E-state index in [4.69, 9.17) is 0 Å². The van der Waals surface area contributed by atoms with Crippen molar-refractivity contribution in [3.63, 3.8) is 0 Å². The molecule has 0 aromatic heterocycles. The van der Waals surface area contributed by atoms with Crippen molar-refractivity contribution >= 4 is 5.97 Å². The molecule has 1 heterocycles. The second-order valence-corrected chi connectivity index (χ2v) is 7.39. The third kappa shape index (κ3) is 2.79. The minimum Gasteiger partial charge on any atom is -0.478 e. The van der Waals surface area contributed by atoms with Gasteiger partial charge in [0, 0.05) is 12.6 Å². The Kier molecular flexibility index (Phi) is 4.26. The molecule has 1 N–H and O–H groups in total. The fraction of sp³-hybridized carbons (Fsp3) is 0.632. The number of hydrogen-bond acceptors (Lipinski definition) is 2. The Morgan fingerprint density at radius 1 is 1.32 bits per heavy atom. The van der Waals surface area contributed by atoms with Crippen molar-refractivity contribution in [1.82, 2.24) is 4.90 Å². The molecule has 0 radical (unpaired) electrons. The molecule has 1 aliphatic carbocycles. The second kappa shape index (κ2) is 6.04. The summed E-state index contributed by atoms with van der Waals surface area (Å²) in [4.78, 5) is 13.9. The predicted octanol–water partition coefficient (Wildman–Crippen LogP) is 3.93. The highest BCUT2D eigenvalue weighted by Gasteiger charge is 2.40. The zero-order valence-electron chi connectivity index (χ0n) is 13.7. The van der Waals surface area contributed by atoms with E-state index in [1.165, 1.54) is 31.2 Å². The number of nitrogens with zero attached hydrogens (tertiary/aromatic N) is 1. The van der Waals surface area contributed by atoms with Crippen molar-refractivity contribution < 1.29 is 9.90 Å². The first-order valence-corrected chi connectivity index (χ1v) is 8.58. The molecule has 2 atom stereocenters. The fourth-order valence-electron chi connectivity index (χ4n) is 4.30. The van der Waals surface area contributed by atoms with Gasteiger partial charge in [-0.25, -0.2) is 4.79 Å². The third-order valence-electron chi connectivity index (χ3n) is 6.12. The van der Waals surface area contributed by atoms with Crippen LogP contribution in [0.4, 0.5) is 0 Å². The molecule has 1 saturated carbocycles. The van der Waals surface area contributed by atoms with Gasteiger partial charge >= 0.3 is 5.97 Å². The summed E-state index contributed by atoms with van der Waals surface area (Å²) < 4.78 is 0. The van der Waals surface area contributed by atoms with Crippen molar-refractivity contribution in [2.24, 2.45) is 5.92 Å². The van der Waals surface area contributed by atoms with Crippen LogP contribution in [0.1, 0.15) is 61.9 Å². The summed E-state index contributed by atoms with van der Waals surface area (Å²) in [5, 5.41) is 9.23. The Hall–Kier alpha value is -1.35. The van der Waals surface area contributed by atoms with Gasteiger partial charge in [-0.3, -0.25) is 0 Å². The molecule has 0 bridgehead atoms. The molecule has 0 unspecified atom stereocenters. The van der Waals surface area contributed by atoms with E-state index in [1.807, 2.05) is 12.1 Å². The van der Waals surface area contributed by atoms with Gasteiger partial charge in [0.1, 0.15) is 0 Å². The molecule has 0 spiro atoms. The molecule has 1 aromatic carbocycles. The molecule has 1 aromatic rings. The van der Waals surface area contributed by atoms with Crippen LogP contribution in [-0.4, -0.2) is 35.1 Å². The number of carboxylic acid groups (broad SMARTS) is 1. The van der Waals surface area contributed by atoms with Gasteiger partial charge in [-0.15, -0.1) is 0 Å². The van der Waals surface area contributed by atoms with Crippen LogP contribution in [0, 0.1) is 5.92 Å². The van der Waals surface area contributed by atoms with Crippen molar-refractivity contribution in [3.8, 4) is 0 Å². The molecule has 3 nitrogen and oxygen atoms in total. The first-order valence-electron chi connectivity index (χ1n) is 8.58. The Labute approximate surface area is 133 Å². The number of carboxylic acids is 1. The quantitative estimate of drug-likeness (QED) is 0.919. The molecule has 0 amide bonds. The zero-order chi connectivity index (χ0) is 15.7. The molecule has 2 aliphatic rings. The minimum absolute atomic E-state index is 0.0839. The predicted molar refractivity (Wildman–Crippen MR) is 88.4 cm³/mol. The molecule has 22 heavy (non-hydrogen) atoms. The van der Waals surface area contributed by atoms with Gasteiger partial charge in [0.05, 0.1) is 5.56 Å². The van der Waals surface area contributed by atoms with Gasteiger partial charge in [-0.05, 0) is 54.8 Å². The number of benzene rings is 1. The summed E-state index contributed by atoms with van der Waals surface area (Å²) >= 11 is 0. The maximum absolute atomic E-state index is 11.2. The maximum atomic E-state index is 11.2. The monoisotopic (exact) mass is 301 g/mol. The average molecular weight is 301 g/mol. The molecule has 3 rings (SSSR count). The largest absolute Gasteiger partial charge is 0.478 e. The number of likely N-dealkylation sites (tertiary alicyclic amines) is 1. The highest BCUT2D eigenvalue weighted by Crippen LogP contribution is 2.41. The van der Waals surface area contributed by atoms with E-state index >= 15 is 0 Å². The molecule has 3 heteroatoms. The number of piperidine rings is 1. The van der Waals surface area contributed by atoms with E-state index < -0.39 is 5.97 Å². The lowest BCUT2D eigenvalue weighted by Gasteiger charge is -2.47. The molecule has 1 aliphatic heterocycles. The van der Waals surface area contributed by atoms with Crippen LogP contribution in [0.25, 0.3) is 0 Å². The SMILES string of the molecule is C[C@H]1CN(C2CCCC2)CC[C@@]1(C)c1cccc(C(=O)O)c1. The van der Waals surface area contributed by atoms with Crippen molar-refractivity contribution in [1.29, 1.82) is 0 Å². The Bertz CT molecular complexity index is 550. The lowest BCUT2D eigenvalue weighted by molar-refractivity contribution is 0.0693. The van der Waals surface area contributed by atoms with E-state index in [2.05, 4.69) is 24.8 Å². The van der Waals surface area contributed by atoms with Gasteiger partial charge in [-0.2, -0.15) is 0 Å². The van der Waals surface area contributed by atoms with E-state index in [0.29, 0.717) is 11.5 Å². The smallest absolute Gasteiger partial charge is 0.335 e. The van der Waals surface area contributed by atoms with Crippen molar-refractivity contribution in [2.75, 3.05) is 13.1 Å². The maximum Gasteiger partial charge on any atom is 0.335 e. The summed E-state index contributed by atoms with van der Waals surface area (Å²) in [7, 11) is 0. The van der Waals surface area contributed by atoms with Crippen LogP contribution in [0.3, 0.4) is 0 Å². The highest BCUT2D eigenvalue weighted by atomic mass is 16.4. The molecular formula is C19H27NO2. The minimum atomic E-state index is -0.832.